The second-order valence-corrected chi connectivity index (χ2v) is 8.13. The molecule has 0 aliphatic rings. The number of carbonyl (C=O) groups is 2. The van der Waals surface area contributed by atoms with Crippen molar-refractivity contribution < 1.29 is 22.7 Å². The van der Waals surface area contributed by atoms with Gasteiger partial charge in [-0.1, -0.05) is 35.9 Å². The van der Waals surface area contributed by atoms with E-state index >= 15 is 0 Å². The Hall–Kier alpha value is -2.67. The molecule has 0 saturated heterocycles. The number of hydrogen-bond acceptors (Lipinski definition) is 5. The molecular weight excluding hydrogens is 366 g/mol. The number of benzene rings is 2. The van der Waals surface area contributed by atoms with E-state index < -0.39 is 22.4 Å². The highest BCUT2D eigenvalue weighted by Gasteiger charge is 2.19. The first-order valence-corrected chi connectivity index (χ1v) is 10.3. The quantitative estimate of drug-likeness (QED) is 0.649. The summed E-state index contributed by atoms with van der Waals surface area (Å²) in [5.41, 5.74) is 1.66. The van der Waals surface area contributed by atoms with Crippen LogP contribution in [0.5, 0.6) is 0 Å². The van der Waals surface area contributed by atoms with Crippen LogP contribution >= 0.6 is 0 Å². The SMILES string of the molecule is CCN(C(=O)COC(=O)CCS(=O)(=O)c1ccc(C)cc1)c1ccccc1. The molecule has 7 heteroatoms. The molecule has 0 saturated carbocycles. The number of hydrogen-bond donors (Lipinski definition) is 0. The van der Waals surface area contributed by atoms with Gasteiger partial charge >= 0.3 is 5.97 Å². The number of ether oxygens (including phenoxy) is 1. The van der Waals surface area contributed by atoms with Crippen LogP contribution in [-0.2, 0) is 24.2 Å². The van der Waals surface area contributed by atoms with Gasteiger partial charge in [0.15, 0.2) is 16.4 Å². The lowest BCUT2D eigenvalue weighted by atomic mass is 10.2. The minimum atomic E-state index is -3.57. The van der Waals surface area contributed by atoms with E-state index in [0.717, 1.165) is 5.56 Å². The van der Waals surface area contributed by atoms with Crippen molar-refractivity contribution in [3.8, 4) is 0 Å². The van der Waals surface area contributed by atoms with Crippen molar-refractivity contribution in [3.63, 3.8) is 0 Å². The van der Waals surface area contributed by atoms with Crippen molar-refractivity contribution in [3.05, 3.63) is 60.2 Å². The van der Waals surface area contributed by atoms with Gasteiger partial charge in [-0.05, 0) is 38.1 Å². The highest BCUT2D eigenvalue weighted by Crippen LogP contribution is 2.14. The molecule has 0 bridgehead atoms. The predicted octanol–water partition coefficient (Wildman–Crippen LogP) is 2.76. The van der Waals surface area contributed by atoms with E-state index in [-0.39, 0.29) is 23.0 Å². The smallest absolute Gasteiger partial charge is 0.307 e. The Balaban J connectivity index is 1.86. The van der Waals surface area contributed by atoms with Crippen molar-refractivity contribution in [2.45, 2.75) is 25.2 Å². The third kappa shape index (κ3) is 5.92. The number of esters is 1. The first kappa shape index (κ1) is 20.6. The van der Waals surface area contributed by atoms with Crippen LogP contribution in [0.1, 0.15) is 18.9 Å². The van der Waals surface area contributed by atoms with Crippen LogP contribution in [0.25, 0.3) is 0 Å². The summed E-state index contributed by atoms with van der Waals surface area (Å²) in [7, 11) is -3.57. The average Bonchev–Trinajstić information content (AvgIpc) is 2.66. The molecule has 0 radical (unpaired) electrons. The maximum atomic E-state index is 12.3. The Kier molecular flexibility index (Phi) is 7.12. The Morgan fingerprint density at radius 2 is 1.63 bits per heavy atom. The summed E-state index contributed by atoms with van der Waals surface area (Å²) in [5, 5.41) is 0. The second kappa shape index (κ2) is 9.32. The molecule has 0 aliphatic heterocycles. The normalized spacial score (nSPS) is 11.0. The van der Waals surface area contributed by atoms with Gasteiger partial charge in [0.1, 0.15) is 0 Å². The van der Waals surface area contributed by atoms with E-state index in [1.165, 1.54) is 17.0 Å². The number of para-hydroxylation sites is 1. The molecule has 2 aromatic carbocycles. The summed E-state index contributed by atoms with van der Waals surface area (Å²) in [6, 6.07) is 15.5. The van der Waals surface area contributed by atoms with E-state index in [1.54, 1.807) is 24.3 Å². The molecule has 0 heterocycles. The first-order valence-electron chi connectivity index (χ1n) is 8.64. The van der Waals surface area contributed by atoms with Gasteiger partial charge in [-0.15, -0.1) is 0 Å². The highest BCUT2D eigenvalue weighted by molar-refractivity contribution is 7.91. The predicted molar refractivity (Wildman–Crippen MR) is 103 cm³/mol. The molecule has 0 fully saturated rings. The van der Waals surface area contributed by atoms with Crippen molar-refractivity contribution >= 4 is 27.4 Å². The van der Waals surface area contributed by atoms with E-state index in [2.05, 4.69) is 0 Å². The molecule has 6 nitrogen and oxygen atoms in total. The van der Waals surface area contributed by atoms with E-state index in [4.69, 9.17) is 4.74 Å². The Bertz CT molecular complexity index is 876. The molecule has 0 unspecified atom stereocenters. The number of anilines is 1. The number of likely N-dealkylation sites (N-methyl/N-ethyl adjacent to an activating group) is 1. The lowest BCUT2D eigenvalue weighted by Crippen LogP contribution is -2.34. The fraction of sp³-hybridized carbons (Fsp3) is 0.300. The number of nitrogens with zero attached hydrogens (tertiary/aromatic N) is 1. The van der Waals surface area contributed by atoms with Crippen LogP contribution < -0.4 is 4.90 Å². The lowest BCUT2D eigenvalue weighted by molar-refractivity contribution is -0.147. The fourth-order valence-corrected chi connectivity index (χ4v) is 3.71. The summed E-state index contributed by atoms with van der Waals surface area (Å²) in [5.74, 6) is -1.44. The maximum absolute atomic E-state index is 12.3. The zero-order chi connectivity index (χ0) is 19.9. The Morgan fingerprint density at radius 3 is 2.22 bits per heavy atom. The fourth-order valence-electron chi connectivity index (χ4n) is 2.48. The molecule has 0 N–H and O–H groups in total. The molecule has 0 atom stereocenters. The number of sulfone groups is 1. The van der Waals surface area contributed by atoms with Gasteiger partial charge in [0.2, 0.25) is 0 Å². The number of amides is 1. The average molecular weight is 389 g/mol. The van der Waals surface area contributed by atoms with Gasteiger partial charge in [0.25, 0.3) is 5.91 Å². The molecule has 0 aromatic heterocycles. The Morgan fingerprint density at radius 1 is 1.00 bits per heavy atom. The summed E-state index contributed by atoms with van der Waals surface area (Å²) in [6.45, 7) is 3.69. The van der Waals surface area contributed by atoms with E-state index in [1.807, 2.05) is 32.0 Å². The molecule has 1 amide bonds. The van der Waals surface area contributed by atoms with Crippen LogP contribution in [-0.4, -0.2) is 39.2 Å². The third-order valence-electron chi connectivity index (χ3n) is 4.00. The minimum Gasteiger partial charge on any atom is -0.456 e. The number of carbonyl (C=O) groups excluding carboxylic acids is 2. The molecule has 144 valence electrons. The van der Waals surface area contributed by atoms with E-state index in [9.17, 15) is 18.0 Å². The van der Waals surface area contributed by atoms with Gasteiger partial charge in [-0.3, -0.25) is 9.59 Å². The zero-order valence-electron chi connectivity index (χ0n) is 15.4. The molecule has 2 aromatic rings. The van der Waals surface area contributed by atoms with Gasteiger partial charge in [0, 0.05) is 12.2 Å². The molecule has 27 heavy (non-hydrogen) atoms. The van der Waals surface area contributed by atoms with Crippen LogP contribution in [0.2, 0.25) is 0 Å². The molecular formula is C20H23NO5S. The summed E-state index contributed by atoms with van der Waals surface area (Å²) in [6.07, 6.45) is -0.305. The van der Waals surface area contributed by atoms with Gasteiger partial charge in [-0.25, -0.2) is 8.42 Å². The van der Waals surface area contributed by atoms with Crippen LogP contribution in [0.15, 0.2) is 59.5 Å². The topological polar surface area (TPSA) is 80.8 Å². The monoisotopic (exact) mass is 389 g/mol. The number of rotatable bonds is 8. The van der Waals surface area contributed by atoms with Crippen molar-refractivity contribution in [2.24, 2.45) is 0 Å². The van der Waals surface area contributed by atoms with Crippen LogP contribution in [0.3, 0.4) is 0 Å². The second-order valence-electron chi connectivity index (χ2n) is 6.02. The van der Waals surface area contributed by atoms with Crippen LogP contribution in [0, 0.1) is 6.92 Å². The van der Waals surface area contributed by atoms with E-state index in [0.29, 0.717) is 12.2 Å². The van der Waals surface area contributed by atoms with Gasteiger partial charge in [-0.2, -0.15) is 0 Å². The maximum Gasteiger partial charge on any atom is 0.307 e. The van der Waals surface area contributed by atoms with Gasteiger partial charge in [0.05, 0.1) is 17.1 Å². The minimum absolute atomic E-state index is 0.165. The largest absolute Gasteiger partial charge is 0.456 e. The third-order valence-corrected chi connectivity index (χ3v) is 5.73. The summed E-state index contributed by atoms with van der Waals surface area (Å²) >= 11 is 0. The zero-order valence-corrected chi connectivity index (χ0v) is 16.2. The van der Waals surface area contributed by atoms with Crippen molar-refractivity contribution in [1.29, 1.82) is 0 Å². The molecule has 0 spiro atoms. The summed E-state index contributed by atoms with van der Waals surface area (Å²) < 4.78 is 29.4. The van der Waals surface area contributed by atoms with Gasteiger partial charge < -0.3 is 9.64 Å². The number of aryl methyl sites for hydroxylation is 1. The standard InChI is InChI=1S/C20H23NO5S/c1-3-21(17-7-5-4-6-8-17)19(22)15-26-20(23)13-14-27(24,25)18-11-9-16(2)10-12-18/h4-12H,3,13-15H2,1-2H3. The highest BCUT2D eigenvalue weighted by atomic mass is 32.2. The van der Waals surface area contributed by atoms with Crippen LogP contribution in [0.4, 0.5) is 5.69 Å². The summed E-state index contributed by atoms with van der Waals surface area (Å²) in [4.78, 5) is 25.8. The van der Waals surface area contributed by atoms with Crippen molar-refractivity contribution in [1.82, 2.24) is 0 Å². The molecule has 2 rings (SSSR count). The first-order chi connectivity index (χ1) is 12.8. The Labute approximate surface area is 159 Å². The van der Waals surface area contributed by atoms with Crippen molar-refractivity contribution in [2.75, 3.05) is 23.8 Å². The molecule has 0 aliphatic carbocycles. The lowest BCUT2D eigenvalue weighted by Gasteiger charge is -2.20.